The van der Waals surface area contributed by atoms with Crippen molar-refractivity contribution in [3.05, 3.63) is 35.6 Å². The van der Waals surface area contributed by atoms with Crippen LogP contribution in [-0.2, 0) is 16.0 Å². The monoisotopic (exact) mass is 292 g/mol. The highest BCUT2D eigenvalue weighted by atomic mass is 19.1. The fraction of sp³-hybridized carbons (Fsp3) is 0.500. The third-order valence-electron chi connectivity index (χ3n) is 3.68. The zero-order valence-corrected chi connectivity index (χ0v) is 12.4. The maximum absolute atomic E-state index is 13.0. The molecule has 0 radical (unpaired) electrons. The van der Waals surface area contributed by atoms with E-state index in [0.717, 1.165) is 5.56 Å². The number of benzene rings is 1. The Morgan fingerprint density at radius 1 is 1.48 bits per heavy atom. The highest BCUT2D eigenvalue weighted by molar-refractivity contribution is 5.82. The Balaban J connectivity index is 1.79. The predicted octanol–water partition coefficient (Wildman–Crippen LogP) is 1.88. The molecule has 5 heteroatoms. The standard InChI is InChI=1S/C16H21FN2O2/c1-11(2)19-10-14(9-16(19)21)18-15(20)7-6-12-4-3-5-13(17)8-12/h3-5,8,11,14H,6-7,9-10H2,1-2H3,(H,18,20). The van der Waals surface area contributed by atoms with E-state index < -0.39 is 0 Å². The van der Waals surface area contributed by atoms with Crippen molar-refractivity contribution in [2.45, 2.75) is 45.2 Å². The lowest BCUT2D eigenvalue weighted by molar-refractivity contribution is -0.129. The summed E-state index contributed by atoms with van der Waals surface area (Å²) >= 11 is 0. The molecule has 1 saturated heterocycles. The molecule has 0 aromatic heterocycles. The second-order valence-corrected chi connectivity index (χ2v) is 5.74. The minimum atomic E-state index is -0.290. The van der Waals surface area contributed by atoms with Crippen molar-refractivity contribution in [3.63, 3.8) is 0 Å². The molecule has 1 aliphatic rings. The number of halogens is 1. The molecule has 21 heavy (non-hydrogen) atoms. The Kier molecular flexibility index (Phi) is 4.94. The van der Waals surface area contributed by atoms with Gasteiger partial charge in [-0.25, -0.2) is 4.39 Å². The smallest absolute Gasteiger partial charge is 0.225 e. The number of nitrogens with one attached hydrogen (secondary N) is 1. The number of hydrogen-bond donors (Lipinski definition) is 1. The van der Waals surface area contributed by atoms with Gasteiger partial charge in [-0.15, -0.1) is 0 Å². The molecule has 1 N–H and O–H groups in total. The number of carbonyl (C=O) groups excluding carboxylic acids is 2. The van der Waals surface area contributed by atoms with Gasteiger partial charge in [-0.2, -0.15) is 0 Å². The van der Waals surface area contributed by atoms with E-state index in [0.29, 0.717) is 25.8 Å². The van der Waals surface area contributed by atoms with E-state index in [1.165, 1.54) is 12.1 Å². The van der Waals surface area contributed by atoms with Crippen LogP contribution in [0.4, 0.5) is 4.39 Å². The summed E-state index contributed by atoms with van der Waals surface area (Å²) in [5.74, 6) is -0.301. The maximum Gasteiger partial charge on any atom is 0.225 e. The molecular formula is C16H21FN2O2. The van der Waals surface area contributed by atoms with E-state index in [9.17, 15) is 14.0 Å². The SMILES string of the molecule is CC(C)N1CC(NC(=O)CCc2cccc(F)c2)CC1=O. The average molecular weight is 292 g/mol. The summed E-state index contributed by atoms with van der Waals surface area (Å²) in [5.41, 5.74) is 0.802. The van der Waals surface area contributed by atoms with Gasteiger partial charge in [0.1, 0.15) is 5.82 Å². The van der Waals surface area contributed by atoms with Gasteiger partial charge >= 0.3 is 0 Å². The van der Waals surface area contributed by atoms with Crippen molar-refractivity contribution >= 4 is 11.8 Å². The van der Waals surface area contributed by atoms with Crippen LogP contribution in [0.3, 0.4) is 0 Å². The van der Waals surface area contributed by atoms with Gasteiger partial charge in [-0.05, 0) is 38.0 Å². The second-order valence-electron chi connectivity index (χ2n) is 5.74. The van der Waals surface area contributed by atoms with Gasteiger partial charge in [0, 0.05) is 25.4 Å². The molecule has 0 aliphatic carbocycles. The molecule has 0 bridgehead atoms. The van der Waals surface area contributed by atoms with Crippen molar-refractivity contribution < 1.29 is 14.0 Å². The molecule has 4 nitrogen and oxygen atoms in total. The molecular weight excluding hydrogens is 271 g/mol. The van der Waals surface area contributed by atoms with Crippen LogP contribution in [0.25, 0.3) is 0 Å². The largest absolute Gasteiger partial charge is 0.351 e. The van der Waals surface area contributed by atoms with Gasteiger partial charge in [0.2, 0.25) is 11.8 Å². The Bertz CT molecular complexity index is 531. The maximum atomic E-state index is 13.0. The molecule has 0 saturated carbocycles. The van der Waals surface area contributed by atoms with Crippen molar-refractivity contribution in [1.82, 2.24) is 10.2 Å². The fourth-order valence-corrected chi connectivity index (χ4v) is 2.58. The molecule has 1 fully saturated rings. The van der Waals surface area contributed by atoms with Crippen LogP contribution in [0.2, 0.25) is 0 Å². The van der Waals surface area contributed by atoms with Gasteiger partial charge < -0.3 is 10.2 Å². The first-order valence-electron chi connectivity index (χ1n) is 7.29. The van der Waals surface area contributed by atoms with E-state index >= 15 is 0 Å². The molecule has 2 rings (SSSR count). The van der Waals surface area contributed by atoms with Crippen LogP contribution < -0.4 is 5.32 Å². The molecule has 1 aromatic rings. The molecule has 0 spiro atoms. The van der Waals surface area contributed by atoms with Crippen molar-refractivity contribution in [1.29, 1.82) is 0 Å². The lowest BCUT2D eigenvalue weighted by atomic mass is 10.1. The predicted molar refractivity (Wildman–Crippen MR) is 78.1 cm³/mol. The summed E-state index contributed by atoms with van der Waals surface area (Å²) < 4.78 is 13.0. The first-order valence-corrected chi connectivity index (χ1v) is 7.29. The van der Waals surface area contributed by atoms with Gasteiger partial charge in [0.25, 0.3) is 0 Å². The second kappa shape index (κ2) is 6.70. The third-order valence-corrected chi connectivity index (χ3v) is 3.68. The van der Waals surface area contributed by atoms with Crippen molar-refractivity contribution in [3.8, 4) is 0 Å². The lowest BCUT2D eigenvalue weighted by Crippen LogP contribution is -2.38. The lowest BCUT2D eigenvalue weighted by Gasteiger charge is -2.21. The molecule has 1 atom stereocenters. The molecule has 1 aliphatic heterocycles. The number of amides is 2. The zero-order chi connectivity index (χ0) is 15.4. The van der Waals surface area contributed by atoms with E-state index in [2.05, 4.69) is 5.32 Å². The van der Waals surface area contributed by atoms with Crippen LogP contribution in [0.5, 0.6) is 0 Å². The van der Waals surface area contributed by atoms with Crippen LogP contribution in [-0.4, -0.2) is 35.3 Å². The fourth-order valence-electron chi connectivity index (χ4n) is 2.58. The normalized spacial score (nSPS) is 18.4. The van der Waals surface area contributed by atoms with Gasteiger partial charge in [0.05, 0.1) is 6.04 Å². The number of aryl methyl sites for hydroxylation is 1. The molecule has 114 valence electrons. The third kappa shape index (κ3) is 4.28. The van der Waals surface area contributed by atoms with E-state index in [1.54, 1.807) is 17.0 Å². The van der Waals surface area contributed by atoms with Crippen LogP contribution in [0.1, 0.15) is 32.3 Å². The number of rotatable bonds is 5. The number of hydrogen-bond acceptors (Lipinski definition) is 2. The first-order chi connectivity index (χ1) is 9.95. The summed E-state index contributed by atoms with van der Waals surface area (Å²) in [6, 6.07) is 6.31. The summed E-state index contributed by atoms with van der Waals surface area (Å²) in [6.45, 7) is 4.50. The summed E-state index contributed by atoms with van der Waals surface area (Å²) in [5, 5.41) is 2.88. The highest BCUT2D eigenvalue weighted by Gasteiger charge is 2.31. The minimum Gasteiger partial charge on any atom is -0.351 e. The van der Waals surface area contributed by atoms with Crippen LogP contribution in [0, 0.1) is 5.82 Å². The minimum absolute atomic E-state index is 0.0837. The van der Waals surface area contributed by atoms with E-state index in [-0.39, 0.29) is 29.7 Å². The summed E-state index contributed by atoms with van der Waals surface area (Å²) in [4.78, 5) is 25.4. The van der Waals surface area contributed by atoms with Crippen molar-refractivity contribution in [2.75, 3.05) is 6.54 Å². The van der Waals surface area contributed by atoms with Crippen LogP contribution >= 0.6 is 0 Å². The first kappa shape index (κ1) is 15.5. The van der Waals surface area contributed by atoms with Gasteiger partial charge in [0.15, 0.2) is 0 Å². The van der Waals surface area contributed by atoms with E-state index in [4.69, 9.17) is 0 Å². The van der Waals surface area contributed by atoms with Gasteiger partial charge in [-0.3, -0.25) is 9.59 Å². The molecule has 2 amide bonds. The zero-order valence-electron chi connectivity index (χ0n) is 12.4. The average Bonchev–Trinajstić information content (AvgIpc) is 2.77. The molecule has 1 heterocycles. The van der Waals surface area contributed by atoms with Crippen molar-refractivity contribution in [2.24, 2.45) is 0 Å². The summed E-state index contributed by atoms with van der Waals surface area (Å²) in [7, 11) is 0. The Hall–Kier alpha value is -1.91. The molecule has 1 aromatic carbocycles. The quantitative estimate of drug-likeness (QED) is 0.901. The van der Waals surface area contributed by atoms with Crippen LogP contribution in [0.15, 0.2) is 24.3 Å². The number of likely N-dealkylation sites (tertiary alicyclic amines) is 1. The van der Waals surface area contributed by atoms with E-state index in [1.807, 2.05) is 13.8 Å². The Labute approximate surface area is 124 Å². The van der Waals surface area contributed by atoms with Gasteiger partial charge in [-0.1, -0.05) is 12.1 Å². The highest BCUT2D eigenvalue weighted by Crippen LogP contribution is 2.14. The Morgan fingerprint density at radius 2 is 2.24 bits per heavy atom. The Morgan fingerprint density at radius 3 is 2.86 bits per heavy atom. The topological polar surface area (TPSA) is 49.4 Å². The summed E-state index contributed by atoms with van der Waals surface area (Å²) in [6.07, 6.45) is 1.16. The number of nitrogens with zero attached hydrogens (tertiary/aromatic N) is 1. The molecule has 1 unspecified atom stereocenters. The number of carbonyl (C=O) groups is 2.